The minimum Gasteiger partial charge on any atom is -0.460 e. The third kappa shape index (κ3) is 14.3. The number of hydrogen-bond donors (Lipinski definition) is 2. The topological polar surface area (TPSA) is 121 Å². The molecule has 2 N–H and O–H groups in total. The van der Waals surface area contributed by atoms with Crippen LogP contribution in [0.15, 0.2) is 103 Å². The molecule has 0 fully saturated rings. The largest absolute Gasteiger partial charge is 0.460 e. The van der Waals surface area contributed by atoms with Crippen molar-refractivity contribution in [2.24, 2.45) is 0 Å². The summed E-state index contributed by atoms with van der Waals surface area (Å²) in [7, 11) is -2.86. The number of amides is 2. The minimum atomic E-state index is -2.86. The summed E-state index contributed by atoms with van der Waals surface area (Å²) in [5, 5.41) is 7.37. The Labute approximate surface area is 316 Å². The van der Waals surface area contributed by atoms with E-state index >= 15 is 0 Å². The zero-order valence-electron chi connectivity index (χ0n) is 32.6. The molecule has 286 valence electrons. The maximum Gasteiger partial charge on any atom is 0.412 e. The second-order valence-electron chi connectivity index (χ2n) is 15.4. The smallest absolute Gasteiger partial charge is 0.412 e. The van der Waals surface area contributed by atoms with E-state index < -0.39 is 37.7 Å². The number of carbonyl (C=O) groups excluding carboxylic acids is 3. The summed E-state index contributed by atoms with van der Waals surface area (Å²) in [5.74, 6) is -0.536. The molecular weight excluding hydrogens is 689 g/mol. The molecule has 0 aliphatic carbocycles. The Morgan fingerprint density at radius 1 is 0.679 bits per heavy atom. The molecule has 0 saturated heterocycles. The molecule has 3 aromatic carbocycles. The summed E-state index contributed by atoms with van der Waals surface area (Å²) in [6, 6.07) is 27.7. The molecule has 3 rings (SSSR count). The van der Waals surface area contributed by atoms with Crippen LogP contribution >= 0.6 is 0 Å². The summed E-state index contributed by atoms with van der Waals surface area (Å²) in [6.45, 7) is 18.2. The summed E-state index contributed by atoms with van der Waals surface area (Å²) >= 11 is 0. The highest BCUT2D eigenvalue weighted by atomic mass is 28.4. The van der Waals surface area contributed by atoms with Gasteiger partial charge in [-0.25, -0.2) is 14.4 Å². The van der Waals surface area contributed by atoms with Gasteiger partial charge in [-0.2, -0.15) is 0 Å². The number of ether oxygens (including phenoxy) is 4. The number of esters is 1. The van der Waals surface area contributed by atoms with Gasteiger partial charge in [-0.3, -0.25) is 5.32 Å². The fourth-order valence-electron chi connectivity index (χ4n) is 5.44. The second-order valence-corrected chi connectivity index (χ2v) is 19.7. The molecule has 0 unspecified atom stereocenters. The van der Waals surface area contributed by atoms with Crippen LogP contribution < -0.4 is 21.0 Å². The maximum absolute atomic E-state index is 13.5. The van der Waals surface area contributed by atoms with Gasteiger partial charge in [-0.05, 0) is 86.8 Å². The number of hydrogen-bond acceptors (Lipinski definition) is 8. The van der Waals surface area contributed by atoms with Crippen molar-refractivity contribution in [1.29, 1.82) is 0 Å². The van der Waals surface area contributed by atoms with Crippen LogP contribution in [0.25, 0.3) is 6.08 Å². The van der Waals surface area contributed by atoms with Gasteiger partial charge in [0.25, 0.3) is 8.32 Å². The Morgan fingerprint density at radius 2 is 1.23 bits per heavy atom. The molecule has 11 heteroatoms. The number of alkyl carbamates (subject to hydrolysis) is 1. The number of anilines is 1. The highest BCUT2D eigenvalue weighted by Gasteiger charge is 2.50. The Morgan fingerprint density at radius 3 is 1.75 bits per heavy atom. The van der Waals surface area contributed by atoms with E-state index in [1.165, 1.54) is 0 Å². The van der Waals surface area contributed by atoms with Gasteiger partial charge in [-0.15, -0.1) is 0 Å². The van der Waals surface area contributed by atoms with Gasteiger partial charge in [0, 0.05) is 12.2 Å². The lowest BCUT2D eigenvalue weighted by molar-refractivity contribution is -0.140. The van der Waals surface area contributed by atoms with Crippen LogP contribution in [0.1, 0.15) is 67.9 Å². The molecule has 0 spiro atoms. The fraction of sp³-hybridized carbons (Fsp3) is 0.405. The van der Waals surface area contributed by atoms with Crippen molar-refractivity contribution in [2.45, 2.75) is 78.6 Å². The number of nitrogens with one attached hydrogen (secondary N) is 2. The van der Waals surface area contributed by atoms with Crippen molar-refractivity contribution < 1.29 is 37.8 Å². The predicted molar refractivity (Wildman–Crippen MR) is 213 cm³/mol. The van der Waals surface area contributed by atoms with Crippen molar-refractivity contribution in [2.75, 3.05) is 38.3 Å². The van der Waals surface area contributed by atoms with Crippen molar-refractivity contribution >= 4 is 48.6 Å². The van der Waals surface area contributed by atoms with Crippen LogP contribution in [-0.4, -0.2) is 70.6 Å². The van der Waals surface area contributed by atoms with E-state index in [0.29, 0.717) is 11.3 Å². The molecule has 53 heavy (non-hydrogen) atoms. The second kappa shape index (κ2) is 19.4. The van der Waals surface area contributed by atoms with E-state index in [2.05, 4.69) is 55.7 Å². The Kier molecular flexibility index (Phi) is 15.6. The molecule has 2 amide bonds. The number of carbonyl (C=O) groups is 3. The first-order valence-corrected chi connectivity index (χ1v) is 19.8. The van der Waals surface area contributed by atoms with Crippen molar-refractivity contribution in [3.63, 3.8) is 0 Å². The molecule has 0 aliphatic rings. The molecular formula is C42H56N2O8Si. The molecule has 0 aliphatic heterocycles. The molecule has 0 saturated carbocycles. The predicted octanol–water partition coefficient (Wildman–Crippen LogP) is 7.63. The number of rotatable bonds is 15. The lowest BCUT2D eigenvalue weighted by atomic mass is 10.1. The van der Waals surface area contributed by atoms with E-state index in [4.69, 9.17) is 23.4 Å². The third-order valence-corrected chi connectivity index (χ3v) is 12.6. The van der Waals surface area contributed by atoms with Gasteiger partial charge in [0.05, 0.1) is 25.4 Å². The highest BCUT2D eigenvalue weighted by molar-refractivity contribution is 6.99. The molecule has 10 nitrogen and oxygen atoms in total. The average molecular weight is 745 g/mol. The average Bonchev–Trinajstić information content (AvgIpc) is 3.06. The summed E-state index contributed by atoms with van der Waals surface area (Å²) < 4.78 is 28.7. The summed E-state index contributed by atoms with van der Waals surface area (Å²) in [6.07, 6.45) is 4.17. The fourth-order valence-corrected chi connectivity index (χ4v) is 9.93. The normalized spacial score (nSPS) is 12.7. The van der Waals surface area contributed by atoms with Gasteiger partial charge < -0.3 is 28.7 Å². The van der Waals surface area contributed by atoms with E-state index in [9.17, 15) is 14.4 Å². The van der Waals surface area contributed by atoms with Gasteiger partial charge in [-0.1, -0.05) is 99.6 Å². The van der Waals surface area contributed by atoms with Crippen molar-refractivity contribution in [3.8, 4) is 0 Å². The molecule has 0 aromatic heterocycles. The zero-order valence-corrected chi connectivity index (χ0v) is 33.6. The third-order valence-electron chi connectivity index (χ3n) is 7.64. The molecule has 0 heterocycles. The molecule has 0 bridgehead atoms. The van der Waals surface area contributed by atoms with Gasteiger partial charge in [0.15, 0.2) is 0 Å². The van der Waals surface area contributed by atoms with Gasteiger partial charge in [0.1, 0.15) is 17.8 Å². The molecule has 0 radical (unpaired) electrons. The van der Waals surface area contributed by atoms with Crippen LogP contribution in [0.4, 0.5) is 15.3 Å². The van der Waals surface area contributed by atoms with E-state index in [0.717, 1.165) is 15.9 Å². The first kappa shape index (κ1) is 42.7. The quantitative estimate of drug-likeness (QED) is 0.0407. The van der Waals surface area contributed by atoms with Gasteiger partial charge in [0.2, 0.25) is 0 Å². The Balaban J connectivity index is 1.79. The lowest BCUT2D eigenvalue weighted by Crippen LogP contribution is -2.66. The standard InChI is InChI=1S/C42H56N2O8Si/c1-40(2,3)51-38(46)43-27-29-48-30-31-49-37(45)33(23-20-32-21-24-34(25-22-32)44-39(47)52-41(4,5)6)26-28-50-53(42(7,8)9,35-16-12-10-13-17-35)36-18-14-11-15-19-36/h10-26H,27-31H2,1-9H3,(H,43,46)(H,44,47). The zero-order chi connectivity index (χ0) is 39.1. The van der Waals surface area contributed by atoms with E-state index in [1.807, 2.05) is 48.5 Å². The van der Waals surface area contributed by atoms with E-state index in [-0.39, 0.29) is 38.0 Å². The minimum absolute atomic E-state index is 0.0110. The van der Waals surface area contributed by atoms with E-state index in [1.54, 1.807) is 71.9 Å². The van der Waals surface area contributed by atoms with Crippen molar-refractivity contribution in [3.05, 3.63) is 108 Å². The van der Waals surface area contributed by atoms with Crippen LogP contribution in [0.2, 0.25) is 5.04 Å². The Bertz CT molecular complexity index is 1630. The van der Waals surface area contributed by atoms with Crippen LogP contribution in [0, 0.1) is 0 Å². The summed E-state index contributed by atoms with van der Waals surface area (Å²) in [4.78, 5) is 37.5. The molecule has 3 aromatic rings. The van der Waals surface area contributed by atoms with Crippen molar-refractivity contribution in [1.82, 2.24) is 5.32 Å². The lowest BCUT2D eigenvalue weighted by Gasteiger charge is -2.42. The first-order chi connectivity index (χ1) is 24.9. The first-order valence-electron chi connectivity index (χ1n) is 17.8. The van der Waals surface area contributed by atoms with Crippen LogP contribution in [-0.2, 0) is 28.2 Å². The number of benzene rings is 3. The Hall–Kier alpha value is -4.71. The monoisotopic (exact) mass is 744 g/mol. The SMILES string of the molecule is CC(C)(C)OC(=O)NCCOCCOC(=O)C(C=Cc1ccc(NC(=O)OC(C)(C)C)cc1)=CCO[Si](c1ccccc1)(c1ccccc1)C(C)(C)C. The van der Waals surface area contributed by atoms with Crippen LogP contribution in [0.5, 0.6) is 0 Å². The summed E-state index contributed by atoms with van der Waals surface area (Å²) in [5.41, 5.74) is 0.478. The maximum atomic E-state index is 13.5. The van der Waals surface area contributed by atoms with Crippen LogP contribution in [0.3, 0.4) is 0 Å². The molecule has 0 atom stereocenters. The van der Waals surface area contributed by atoms with Gasteiger partial charge >= 0.3 is 18.2 Å². The highest BCUT2D eigenvalue weighted by Crippen LogP contribution is 2.36.